The molecule has 1 aliphatic rings. The fourth-order valence-corrected chi connectivity index (χ4v) is 3.16. The van der Waals surface area contributed by atoms with Gasteiger partial charge in [-0.05, 0) is 36.5 Å². The first kappa shape index (κ1) is 18.4. The zero-order valence-corrected chi connectivity index (χ0v) is 14.3. The summed E-state index contributed by atoms with van der Waals surface area (Å²) in [5.74, 6) is -2.43. The Morgan fingerprint density at radius 2 is 2.08 bits per heavy atom. The first-order valence-electron chi connectivity index (χ1n) is 8.13. The van der Waals surface area contributed by atoms with E-state index in [2.05, 4.69) is 26.1 Å². The molecule has 0 saturated carbocycles. The first-order valence-corrected chi connectivity index (χ1v) is 8.13. The Balaban J connectivity index is 2.03. The molecule has 0 radical (unpaired) electrons. The summed E-state index contributed by atoms with van der Waals surface area (Å²) in [5, 5.41) is 11.6. The number of carbonyl (C=O) groups excluding carboxylic acids is 1. The summed E-state index contributed by atoms with van der Waals surface area (Å²) in [6, 6.07) is 3.29. The highest BCUT2D eigenvalue weighted by molar-refractivity contribution is 5.96. The number of aromatic carboxylic acids is 1. The van der Waals surface area contributed by atoms with E-state index in [4.69, 9.17) is 9.84 Å². The van der Waals surface area contributed by atoms with Gasteiger partial charge < -0.3 is 15.2 Å². The van der Waals surface area contributed by atoms with Crippen LogP contribution in [0.3, 0.4) is 0 Å². The van der Waals surface area contributed by atoms with Crippen LogP contribution >= 0.6 is 0 Å². The molecule has 2 atom stereocenters. The van der Waals surface area contributed by atoms with Crippen LogP contribution in [0, 0.1) is 17.2 Å². The minimum absolute atomic E-state index is 0.0331. The standard InChI is InChI=1S/C18H24FNO4/c1-18(2,3)15-12(5-4-8-24-15)10-20-16(21)13-7-6-11(17(22)23)9-14(13)19/h6-7,9,12,15H,4-5,8,10H2,1-3H3,(H,20,21)(H,22,23). The van der Waals surface area contributed by atoms with Gasteiger partial charge in [0.15, 0.2) is 0 Å². The Bertz CT molecular complexity index is 624. The van der Waals surface area contributed by atoms with Crippen LogP contribution in [0.4, 0.5) is 4.39 Å². The number of rotatable bonds is 4. The van der Waals surface area contributed by atoms with Gasteiger partial charge in [0.05, 0.1) is 17.2 Å². The zero-order chi connectivity index (χ0) is 17.9. The fraction of sp³-hybridized carbons (Fsp3) is 0.556. The maximum absolute atomic E-state index is 13.9. The normalized spacial score (nSPS) is 21.3. The molecule has 132 valence electrons. The van der Waals surface area contributed by atoms with E-state index in [1.54, 1.807) is 0 Å². The smallest absolute Gasteiger partial charge is 0.335 e. The zero-order valence-electron chi connectivity index (χ0n) is 14.3. The Kier molecular flexibility index (Phi) is 5.59. The van der Waals surface area contributed by atoms with Crippen molar-refractivity contribution in [3.63, 3.8) is 0 Å². The summed E-state index contributed by atoms with van der Waals surface area (Å²) in [4.78, 5) is 23.0. The largest absolute Gasteiger partial charge is 0.478 e. The highest BCUT2D eigenvalue weighted by atomic mass is 19.1. The average molecular weight is 337 g/mol. The quantitative estimate of drug-likeness (QED) is 0.885. The third kappa shape index (κ3) is 4.32. The van der Waals surface area contributed by atoms with Gasteiger partial charge in [-0.2, -0.15) is 0 Å². The van der Waals surface area contributed by atoms with E-state index in [-0.39, 0.29) is 28.6 Å². The molecule has 2 N–H and O–H groups in total. The molecule has 1 aliphatic heterocycles. The van der Waals surface area contributed by atoms with Gasteiger partial charge in [-0.3, -0.25) is 4.79 Å². The van der Waals surface area contributed by atoms with Crippen molar-refractivity contribution in [2.75, 3.05) is 13.2 Å². The van der Waals surface area contributed by atoms with E-state index in [0.717, 1.165) is 25.5 Å². The van der Waals surface area contributed by atoms with Crippen LogP contribution in [-0.2, 0) is 4.74 Å². The van der Waals surface area contributed by atoms with Crippen LogP contribution < -0.4 is 5.32 Å². The highest BCUT2D eigenvalue weighted by Gasteiger charge is 2.35. The fourth-order valence-electron chi connectivity index (χ4n) is 3.16. The van der Waals surface area contributed by atoms with E-state index in [1.807, 2.05) is 0 Å². The van der Waals surface area contributed by atoms with Crippen LogP contribution in [-0.4, -0.2) is 36.2 Å². The molecular weight excluding hydrogens is 313 g/mol. The third-order valence-corrected chi connectivity index (χ3v) is 4.28. The molecule has 6 heteroatoms. The number of ether oxygens (including phenoxy) is 1. The number of carboxylic acids is 1. The number of hydrogen-bond donors (Lipinski definition) is 2. The number of carbonyl (C=O) groups is 2. The number of nitrogens with one attached hydrogen (secondary N) is 1. The highest BCUT2D eigenvalue weighted by Crippen LogP contribution is 2.33. The lowest BCUT2D eigenvalue weighted by Crippen LogP contribution is -2.45. The molecule has 0 aromatic heterocycles. The van der Waals surface area contributed by atoms with Crippen molar-refractivity contribution in [3.05, 3.63) is 35.1 Å². The van der Waals surface area contributed by atoms with Crippen LogP contribution in [0.15, 0.2) is 18.2 Å². The number of hydrogen-bond acceptors (Lipinski definition) is 3. The van der Waals surface area contributed by atoms with Crippen LogP contribution in [0.25, 0.3) is 0 Å². The second-order valence-corrected chi connectivity index (χ2v) is 7.27. The molecular formula is C18H24FNO4. The predicted octanol–water partition coefficient (Wildman–Crippen LogP) is 3.10. The van der Waals surface area contributed by atoms with E-state index in [1.165, 1.54) is 12.1 Å². The van der Waals surface area contributed by atoms with Gasteiger partial charge in [0.1, 0.15) is 5.82 Å². The van der Waals surface area contributed by atoms with Crippen molar-refractivity contribution in [2.24, 2.45) is 11.3 Å². The van der Waals surface area contributed by atoms with Crippen molar-refractivity contribution in [1.82, 2.24) is 5.32 Å². The molecule has 1 saturated heterocycles. The Morgan fingerprint density at radius 3 is 2.67 bits per heavy atom. The van der Waals surface area contributed by atoms with Crippen LogP contribution in [0.5, 0.6) is 0 Å². The number of halogens is 1. The second-order valence-electron chi connectivity index (χ2n) is 7.27. The molecule has 0 aliphatic carbocycles. The lowest BCUT2D eigenvalue weighted by Gasteiger charge is -2.40. The SMILES string of the molecule is CC(C)(C)C1OCCCC1CNC(=O)c1ccc(C(=O)O)cc1F. The Labute approximate surface area is 141 Å². The van der Waals surface area contributed by atoms with Crippen molar-refractivity contribution in [1.29, 1.82) is 0 Å². The molecule has 2 unspecified atom stereocenters. The molecule has 1 aromatic rings. The molecule has 1 fully saturated rings. The molecule has 1 aromatic carbocycles. The topological polar surface area (TPSA) is 75.6 Å². The van der Waals surface area contributed by atoms with Gasteiger partial charge >= 0.3 is 5.97 Å². The van der Waals surface area contributed by atoms with Crippen molar-refractivity contribution in [3.8, 4) is 0 Å². The maximum atomic E-state index is 13.9. The lowest BCUT2D eigenvalue weighted by molar-refractivity contribution is -0.0839. The molecule has 0 bridgehead atoms. The summed E-state index contributed by atoms with van der Waals surface area (Å²) in [6.07, 6.45) is 1.92. The molecule has 1 amide bonds. The Morgan fingerprint density at radius 1 is 1.38 bits per heavy atom. The summed E-state index contributed by atoms with van der Waals surface area (Å²) in [6.45, 7) is 7.42. The lowest BCUT2D eigenvalue weighted by atomic mass is 9.78. The Hall–Kier alpha value is -1.95. The summed E-state index contributed by atoms with van der Waals surface area (Å²) >= 11 is 0. The molecule has 0 spiro atoms. The maximum Gasteiger partial charge on any atom is 0.335 e. The van der Waals surface area contributed by atoms with E-state index < -0.39 is 17.7 Å². The summed E-state index contributed by atoms with van der Waals surface area (Å²) in [7, 11) is 0. The van der Waals surface area contributed by atoms with Gasteiger partial charge in [-0.25, -0.2) is 9.18 Å². The monoisotopic (exact) mass is 337 g/mol. The van der Waals surface area contributed by atoms with Gasteiger partial charge in [0.2, 0.25) is 0 Å². The number of amides is 1. The minimum Gasteiger partial charge on any atom is -0.478 e. The molecule has 2 rings (SSSR count). The van der Waals surface area contributed by atoms with E-state index >= 15 is 0 Å². The minimum atomic E-state index is -1.23. The third-order valence-electron chi connectivity index (χ3n) is 4.28. The first-order chi connectivity index (χ1) is 11.2. The van der Waals surface area contributed by atoms with Crippen molar-refractivity contribution >= 4 is 11.9 Å². The molecule has 24 heavy (non-hydrogen) atoms. The molecule has 1 heterocycles. The number of carboxylic acid groups (broad SMARTS) is 1. The van der Waals surface area contributed by atoms with Crippen LogP contribution in [0.1, 0.15) is 54.3 Å². The van der Waals surface area contributed by atoms with Crippen molar-refractivity contribution in [2.45, 2.75) is 39.7 Å². The molecule has 5 nitrogen and oxygen atoms in total. The average Bonchev–Trinajstić information content (AvgIpc) is 2.51. The van der Waals surface area contributed by atoms with E-state index in [0.29, 0.717) is 6.54 Å². The number of benzene rings is 1. The summed E-state index contributed by atoms with van der Waals surface area (Å²) in [5.41, 5.74) is -0.369. The second kappa shape index (κ2) is 7.30. The van der Waals surface area contributed by atoms with Crippen LogP contribution in [0.2, 0.25) is 0 Å². The summed E-state index contributed by atoms with van der Waals surface area (Å²) < 4.78 is 19.8. The van der Waals surface area contributed by atoms with Gasteiger partial charge in [0.25, 0.3) is 5.91 Å². The van der Waals surface area contributed by atoms with E-state index in [9.17, 15) is 14.0 Å². The van der Waals surface area contributed by atoms with Gasteiger partial charge in [-0.1, -0.05) is 20.8 Å². The van der Waals surface area contributed by atoms with Gasteiger partial charge in [-0.15, -0.1) is 0 Å². The van der Waals surface area contributed by atoms with Gasteiger partial charge in [0, 0.05) is 19.1 Å². The van der Waals surface area contributed by atoms with Crippen molar-refractivity contribution < 1.29 is 23.8 Å². The predicted molar refractivity (Wildman–Crippen MR) is 87.6 cm³/mol.